The SMILES string of the molecule is CCN(CC)Cc1ccccc1CNC(N)=NC. The molecule has 0 fully saturated rings. The Morgan fingerprint density at radius 2 is 1.83 bits per heavy atom. The Labute approximate surface area is 110 Å². The minimum absolute atomic E-state index is 0.479. The number of rotatable bonds is 6. The van der Waals surface area contributed by atoms with Gasteiger partial charge in [0.25, 0.3) is 0 Å². The van der Waals surface area contributed by atoms with Crippen molar-refractivity contribution in [1.29, 1.82) is 0 Å². The first-order chi connectivity index (χ1) is 8.71. The van der Waals surface area contributed by atoms with Crippen molar-refractivity contribution in [2.24, 2.45) is 10.7 Å². The van der Waals surface area contributed by atoms with Crippen LogP contribution in [0.15, 0.2) is 29.3 Å². The molecule has 0 spiro atoms. The number of guanidine groups is 1. The average Bonchev–Trinajstić information content (AvgIpc) is 2.43. The molecule has 18 heavy (non-hydrogen) atoms. The lowest BCUT2D eigenvalue weighted by atomic mass is 10.1. The fourth-order valence-corrected chi connectivity index (χ4v) is 1.84. The van der Waals surface area contributed by atoms with Gasteiger partial charge in [-0.2, -0.15) is 0 Å². The van der Waals surface area contributed by atoms with Gasteiger partial charge in [-0.05, 0) is 24.2 Å². The van der Waals surface area contributed by atoms with E-state index in [0.29, 0.717) is 5.96 Å². The predicted molar refractivity (Wildman–Crippen MR) is 77.5 cm³/mol. The van der Waals surface area contributed by atoms with E-state index >= 15 is 0 Å². The normalized spacial score (nSPS) is 11.9. The molecule has 0 amide bonds. The summed E-state index contributed by atoms with van der Waals surface area (Å²) in [6, 6.07) is 8.45. The van der Waals surface area contributed by atoms with Gasteiger partial charge in [-0.25, -0.2) is 0 Å². The van der Waals surface area contributed by atoms with E-state index in [1.54, 1.807) is 7.05 Å². The minimum atomic E-state index is 0.479. The molecular formula is C14H24N4. The van der Waals surface area contributed by atoms with Gasteiger partial charge in [0.05, 0.1) is 0 Å². The van der Waals surface area contributed by atoms with Crippen molar-refractivity contribution >= 4 is 5.96 Å². The van der Waals surface area contributed by atoms with Crippen LogP contribution in [0.1, 0.15) is 25.0 Å². The summed E-state index contributed by atoms with van der Waals surface area (Å²) in [6.07, 6.45) is 0. The van der Waals surface area contributed by atoms with Gasteiger partial charge in [0.15, 0.2) is 5.96 Å². The summed E-state index contributed by atoms with van der Waals surface area (Å²) in [5, 5.41) is 3.11. The minimum Gasteiger partial charge on any atom is -0.370 e. The molecule has 0 saturated carbocycles. The maximum Gasteiger partial charge on any atom is 0.188 e. The van der Waals surface area contributed by atoms with E-state index in [1.165, 1.54) is 11.1 Å². The zero-order valence-corrected chi connectivity index (χ0v) is 11.6. The average molecular weight is 248 g/mol. The van der Waals surface area contributed by atoms with Crippen LogP contribution < -0.4 is 11.1 Å². The molecule has 0 unspecified atom stereocenters. The number of benzene rings is 1. The molecule has 0 aliphatic rings. The van der Waals surface area contributed by atoms with E-state index in [9.17, 15) is 0 Å². The van der Waals surface area contributed by atoms with E-state index in [1.807, 2.05) is 0 Å². The second-order valence-corrected chi connectivity index (χ2v) is 4.19. The van der Waals surface area contributed by atoms with Crippen LogP contribution in [0, 0.1) is 0 Å². The quantitative estimate of drug-likeness (QED) is 0.593. The molecule has 0 aromatic heterocycles. The van der Waals surface area contributed by atoms with Gasteiger partial charge >= 0.3 is 0 Å². The number of hydrogen-bond acceptors (Lipinski definition) is 2. The van der Waals surface area contributed by atoms with Crippen molar-refractivity contribution < 1.29 is 0 Å². The van der Waals surface area contributed by atoms with E-state index < -0.39 is 0 Å². The number of hydrogen-bond donors (Lipinski definition) is 2. The Morgan fingerprint density at radius 3 is 2.39 bits per heavy atom. The number of nitrogens with two attached hydrogens (primary N) is 1. The van der Waals surface area contributed by atoms with Crippen LogP contribution in [-0.2, 0) is 13.1 Å². The van der Waals surface area contributed by atoms with Crippen molar-refractivity contribution in [3.8, 4) is 0 Å². The van der Waals surface area contributed by atoms with Crippen LogP contribution >= 0.6 is 0 Å². The first-order valence-electron chi connectivity index (χ1n) is 6.46. The maximum atomic E-state index is 5.65. The molecular weight excluding hydrogens is 224 g/mol. The molecule has 1 rings (SSSR count). The van der Waals surface area contributed by atoms with Gasteiger partial charge in [0.1, 0.15) is 0 Å². The van der Waals surface area contributed by atoms with Gasteiger partial charge in [-0.3, -0.25) is 9.89 Å². The highest BCUT2D eigenvalue weighted by molar-refractivity contribution is 5.77. The van der Waals surface area contributed by atoms with Crippen LogP contribution in [-0.4, -0.2) is 31.0 Å². The molecule has 3 N–H and O–H groups in total. The van der Waals surface area contributed by atoms with Crippen molar-refractivity contribution in [2.75, 3.05) is 20.1 Å². The van der Waals surface area contributed by atoms with E-state index in [2.05, 4.69) is 53.3 Å². The monoisotopic (exact) mass is 248 g/mol. The third-order valence-electron chi connectivity index (χ3n) is 3.11. The number of aliphatic imine (C=N–C) groups is 1. The molecule has 0 atom stereocenters. The van der Waals surface area contributed by atoms with Crippen LogP contribution in [0.3, 0.4) is 0 Å². The number of nitrogens with zero attached hydrogens (tertiary/aromatic N) is 2. The topological polar surface area (TPSA) is 53.6 Å². The highest BCUT2D eigenvalue weighted by Gasteiger charge is 2.05. The Bertz CT molecular complexity index is 383. The highest BCUT2D eigenvalue weighted by atomic mass is 15.1. The molecule has 0 bridgehead atoms. The molecule has 0 aliphatic heterocycles. The van der Waals surface area contributed by atoms with E-state index in [0.717, 1.165) is 26.2 Å². The van der Waals surface area contributed by atoms with Crippen molar-refractivity contribution in [3.05, 3.63) is 35.4 Å². The number of nitrogens with one attached hydrogen (secondary N) is 1. The van der Waals surface area contributed by atoms with Gasteiger partial charge in [0, 0.05) is 20.1 Å². The lowest BCUT2D eigenvalue weighted by Crippen LogP contribution is -2.31. The first kappa shape index (κ1) is 14.5. The Kier molecular flexibility index (Phi) is 6.22. The standard InChI is InChI=1S/C14H24N4/c1-4-18(5-2)11-13-9-7-6-8-12(13)10-17-14(15)16-3/h6-9H,4-5,10-11H2,1-3H3,(H3,15,16,17). The molecule has 4 heteroatoms. The summed E-state index contributed by atoms with van der Waals surface area (Å²) in [4.78, 5) is 6.30. The van der Waals surface area contributed by atoms with Gasteiger partial charge in [-0.15, -0.1) is 0 Å². The third kappa shape index (κ3) is 4.37. The van der Waals surface area contributed by atoms with Crippen LogP contribution in [0.4, 0.5) is 0 Å². The van der Waals surface area contributed by atoms with Crippen molar-refractivity contribution in [3.63, 3.8) is 0 Å². The summed E-state index contributed by atoms with van der Waals surface area (Å²) in [7, 11) is 1.68. The van der Waals surface area contributed by atoms with Gasteiger partial charge in [-0.1, -0.05) is 38.1 Å². The zero-order chi connectivity index (χ0) is 13.4. The largest absolute Gasteiger partial charge is 0.370 e. The summed E-state index contributed by atoms with van der Waals surface area (Å²) < 4.78 is 0. The fraction of sp³-hybridized carbons (Fsp3) is 0.500. The molecule has 0 radical (unpaired) electrons. The Hall–Kier alpha value is -1.55. The van der Waals surface area contributed by atoms with Crippen LogP contribution in [0.2, 0.25) is 0 Å². The second kappa shape index (κ2) is 7.71. The van der Waals surface area contributed by atoms with Gasteiger partial charge in [0.2, 0.25) is 0 Å². The van der Waals surface area contributed by atoms with E-state index in [-0.39, 0.29) is 0 Å². The molecule has 0 aliphatic carbocycles. The summed E-state index contributed by atoms with van der Waals surface area (Å²) in [5.74, 6) is 0.479. The summed E-state index contributed by atoms with van der Waals surface area (Å²) in [5.41, 5.74) is 8.27. The molecule has 1 aromatic rings. The van der Waals surface area contributed by atoms with Crippen molar-refractivity contribution in [1.82, 2.24) is 10.2 Å². The first-order valence-corrected chi connectivity index (χ1v) is 6.46. The summed E-state index contributed by atoms with van der Waals surface area (Å²) >= 11 is 0. The summed E-state index contributed by atoms with van der Waals surface area (Å²) in [6.45, 7) is 8.21. The smallest absolute Gasteiger partial charge is 0.188 e. The lowest BCUT2D eigenvalue weighted by molar-refractivity contribution is 0.295. The fourth-order valence-electron chi connectivity index (χ4n) is 1.84. The zero-order valence-electron chi connectivity index (χ0n) is 11.6. The molecule has 0 saturated heterocycles. The van der Waals surface area contributed by atoms with Crippen molar-refractivity contribution in [2.45, 2.75) is 26.9 Å². The maximum absolute atomic E-state index is 5.65. The molecule has 0 heterocycles. The lowest BCUT2D eigenvalue weighted by Gasteiger charge is -2.20. The second-order valence-electron chi connectivity index (χ2n) is 4.19. The highest BCUT2D eigenvalue weighted by Crippen LogP contribution is 2.11. The molecule has 100 valence electrons. The third-order valence-corrected chi connectivity index (χ3v) is 3.11. The molecule has 4 nitrogen and oxygen atoms in total. The molecule has 1 aromatic carbocycles. The van der Waals surface area contributed by atoms with Crippen LogP contribution in [0.25, 0.3) is 0 Å². The Balaban J connectivity index is 2.72. The van der Waals surface area contributed by atoms with Gasteiger partial charge < -0.3 is 11.1 Å². The predicted octanol–water partition coefficient (Wildman–Crippen LogP) is 1.56. The Morgan fingerprint density at radius 1 is 1.22 bits per heavy atom. The van der Waals surface area contributed by atoms with Crippen LogP contribution in [0.5, 0.6) is 0 Å². The van der Waals surface area contributed by atoms with E-state index in [4.69, 9.17) is 5.73 Å².